The average molecular weight is 441 g/mol. The van der Waals surface area contributed by atoms with Crippen LogP contribution in [0.5, 0.6) is 11.5 Å². The van der Waals surface area contributed by atoms with Crippen molar-refractivity contribution >= 4 is 37.6 Å². The second-order valence-corrected chi connectivity index (χ2v) is 8.53. The first-order valence-corrected chi connectivity index (χ1v) is 10.4. The molecule has 13 heteroatoms. The fourth-order valence-corrected chi connectivity index (χ4v) is 4.40. The van der Waals surface area contributed by atoms with Crippen LogP contribution < -0.4 is 5.56 Å². The zero-order valence-corrected chi connectivity index (χ0v) is 16.4. The number of nitrogens with zero attached hydrogens (tertiary/aromatic N) is 3. The first kappa shape index (κ1) is 20.7. The van der Waals surface area contributed by atoms with Crippen molar-refractivity contribution in [1.29, 1.82) is 0 Å². The number of fused-ring (bicyclic) bond motifs is 1. The van der Waals surface area contributed by atoms with Crippen LogP contribution in [0.15, 0.2) is 40.2 Å². The highest BCUT2D eigenvalue weighted by molar-refractivity contribution is 7.86. The molecular weight excluding hydrogens is 426 g/mol. The summed E-state index contributed by atoms with van der Waals surface area (Å²) in [5.41, 5.74) is -0.725. The van der Waals surface area contributed by atoms with Gasteiger partial charge in [-0.3, -0.25) is 23.0 Å². The third kappa shape index (κ3) is 4.36. The van der Waals surface area contributed by atoms with E-state index in [2.05, 4.69) is 4.98 Å². The number of pyridine rings is 1. The molecule has 0 spiro atoms. The van der Waals surface area contributed by atoms with Crippen LogP contribution in [0.2, 0.25) is 0 Å². The van der Waals surface area contributed by atoms with Crippen molar-refractivity contribution < 1.29 is 27.7 Å². The Balaban J connectivity index is 1.56. The molecule has 0 aliphatic heterocycles. The molecule has 2 aromatic heterocycles. The Morgan fingerprint density at radius 3 is 2.55 bits per heavy atom. The van der Waals surface area contributed by atoms with Gasteiger partial charge in [-0.25, -0.2) is 4.98 Å². The van der Waals surface area contributed by atoms with Crippen molar-refractivity contribution in [2.75, 3.05) is 6.61 Å². The van der Waals surface area contributed by atoms with E-state index in [9.17, 15) is 33.5 Å². The van der Waals surface area contributed by atoms with Gasteiger partial charge in [-0.1, -0.05) is 0 Å². The van der Waals surface area contributed by atoms with E-state index in [-0.39, 0.29) is 34.0 Å². The van der Waals surface area contributed by atoms with Gasteiger partial charge in [0.05, 0.1) is 22.6 Å². The molecular formula is C16H15N3O8S2. The van der Waals surface area contributed by atoms with Gasteiger partial charge in [0.15, 0.2) is 11.5 Å². The number of benzene rings is 1. The Bertz CT molecular complexity index is 1220. The second-order valence-electron chi connectivity index (χ2n) is 5.90. The minimum Gasteiger partial charge on any atom is -0.504 e. The van der Waals surface area contributed by atoms with Crippen LogP contribution >= 0.6 is 11.5 Å². The van der Waals surface area contributed by atoms with E-state index in [1.165, 1.54) is 3.96 Å². The lowest BCUT2D eigenvalue weighted by Crippen LogP contribution is -2.14. The molecule has 0 atom stereocenters. The Morgan fingerprint density at radius 1 is 1.21 bits per heavy atom. The lowest BCUT2D eigenvalue weighted by atomic mass is 10.3. The minimum atomic E-state index is -4.05. The molecule has 3 aromatic rings. The highest BCUT2D eigenvalue weighted by Crippen LogP contribution is 2.31. The molecule has 0 aliphatic rings. The summed E-state index contributed by atoms with van der Waals surface area (Å²) in [6.07, 6.45) is 1.78. The molecule has 0 saturated heterocycles. The molecule has 0 unspecified atom stereocenters. The SMILES string of the molecule is O=c1c2c(O)c(O)cnc2sn1CCCCOS(=O)(=O)c1ccc([N+](=O)[O-])cc1. The van der Waals surface area contributed by atoms with Crippen molar-refractivity contribution in [2.24, 2.45) is 0 Å². The van der Waals surface area contributed by atoms with Crippen LogP contribution in [-0.2, 0) is 20.8 Å². The fraction of sp³-hybridized carbons (Fsp3) is 0.250. The Labute approximate surface area is 167 Å². The third-order valence-corrected chi connectivity index (χ3v) is 6.34. The smallest absolute Gasteiger partial charge is 0.296 e. The van der Waals surface area contributed by atoms with Crippen LogP contribution in [-0.4, -0.2) is 39.1 Å². The zero-order chi connectivity index (χ0) is 21.2. The van der Waals surface area contributed by atoms with Crippen molar-refractivity contribution in [3.8, 4) is 11.5 Å². The predicted molar refractivity (Wildman–Crippen MR) is 103 cm³/mol. The summed E-state index contributed by atoms with van der Waals surface area (Å²) in [5, 5.41) is 29.8. The molecule has 0 amide bonds. The normalized spacial score (nSPS) is 11.7. The van der Waals surface area contributed by atoms with Gasteiger partial charge in [-0.2, -0.15) is 8.42 Å². The van der Waals surface area contributed by atoms with Gasteiger partial charge in [0.25, 0.3) is 21.4 Å². The summed E-state index contributed by atoms with van der Waals surface area (Å²) in [5.74, 6) is -1.00. The van der Waals surface area contributed by atoms with Crippen LogP contribution in [0.1, 0.15) is 12.8 Å². The molecule has 0 bridgehead atoms. The molecule has 29 heavy (non-hydrogen) atoms. The van der Waals surface area contributed by atoms with Gasteiger partial charge in [-0.15, -0.1) is 0 Å². The van der Waals surface area contributed by atoms with Crippen LogP contribution in [0.3, 0.4) is 0 Å². The van der Waals surface area contributed by atoms with Crippen molar-refractivity contribution in [2.45, 2.75) is 24.3 Å². The van der Waals surface area contributed by atoms with Gasteiger partial charge >= 0.3 is 0 Å². The number of hydrogen-bond donors (Lipinski definition) is 2. The molecule has 2 heterocycles. The highest BCUT2D eigenvalue weighted by Gasteiger charge is 2.18. The number of aromatic nitrogens is 2. The fourth-order valence-electron chi connectivity index (χ4n) is 2.48. The van der Waals surface area contributed by atoms with E-state index < -0.39 is 32.1 Å². The summed E-state index contributed by atoms with van der Waals surface area (Å²) >= 11 is 1.02. The molecule has 1 aromatic carbocycles. The largest absolute Gasteiger partial charge is 0.504 e. The molecule has 11 nitrogen and oxygen atoms in total. The molecule has 3 rings (SSSR count). The monoisotopic (exact) mass is 441 g/mol. The van der Waals surface area contributed by atoms with Crippen LogP contribution in [0, 0.1) is 10.1 Å². The summed E-state index contributed by atoms with van der Waals surface area (Å²) in [4.78, 5) is 26.2. The van der Waals surface area contributed by atoms with Crippen molar-refractivity contribution in [3.63, 3.8) is 0 Å². The van der Waals surface area contributed by atoms with E-state index in [0.717, 1.165) is 42.0 Å². The number of hydrogen-bond acceptors (Lipinski definition) is 10. The van der Waals surface area contributed by atoms with E-state index >= 15 is 0 Å². The summed E-state index contributed by atoms with van der Waals surface area (Å²) in [6, 6.07) is 4.34. The second kappa shape index (κ2) is 8.14. The summed E-state index contributed by atoms with van der Waals surface area (Å²) in [7, 11) is -4.05. The first-order valence-electron chi connectivity index (χ1n) is 8.25. The third-order valence-electron chi connectivity index (χ3n) is 3.96. The van der Waals surface area contributed by atoms with Gasteiger partial charge < -0.3 is 10.2 Å². The van der Waals surface area contributed by atoms with Crippen molar-refractivity contribution in [1.82, 2.24) is 8.94 Å². The number of aromatic hydroxyl groups is 2. The predicted octanol–water partition coefficient (Wildman–Crippen LogP) is 1.96. The quantitative estimate of drug-likeness (QED) is 0.230. The molecule has 0 aliphatic carbocycles. The van der Waals surface area contributed by atoms with E-state index in [0.29, 0.717) is 12.8 Å². The maximum Gasteiger partial charge on any atom is 0.296 e. The van der Waals surface area contributed by atoms with Gasteiger partial charge in [0.2, 0.25) is 0 Å². The van der Waals surface area contributed by atoms with Crippen LogP contribution in [0.4, 0.5) is 5.69 Å². The zero-order valence-electron chi connectivity index (χ0n) is 14.7. The van der Waals surface area contributed by atoms with Crippen LogP contribution in [0.25, 0.3) is 10.2 Å². The molecule has 0 radical (unpaired) electrons. The standard InChI is InChI=1S/C16H15N3O8S2/c20-12-9-17-15-13(14(12)21)16(22)18(28-15)7-1-2-8-27-29(25,26)11-5-3-10(4-6-11)19(23)24/h3-6,9,20H,1-2,7-8H2,(H,17,21). The lowest BCUT2D eigenvalue weighted by Gasteiger charge is -2.05. The van der Waals surface area contributed by atoms with E-state index in [1.54, 1.807) is 0 Å². The topological polar surface area (TPSA) is 162 Å². The molecule has 0 saturated carbocycles. The summed E-state index contributed by atoms with van der Waals surface area (Å²) < 4.78 is 30.4. The maximum atomic E-state index is 12.3. The van der Waals surface area contributed by atoms with Gasteiger partial charge in [0.1, 0.15) is 10.2 Å². The highest BCUT2D eigenvalue weighted by atomic mass is 32.2. The Kier molecular flexibility index (Phi) is 5.81. The van der Waals surface area contributed by atoms with Gasteiger partial charge in [0, 0.05) is 18.7 Å². The summed E-state index contributed by atoms with van der Waals surface area (Å²) in [6.45, 7) is 0.115. The first-order chi connectivity index (χ1) is 13.7. The Hall–Kier alpha value is -3.03. The number of rotatable bonds is 8. The maximum absolute atomic E-state index is 12.3. The van der Waals surface area contributed by atoms with Crippen molar-refractivity contribution in [3.05, 3.63) is 50.9 Å². The van der Waals surface area contributed by atoms with E-state index in [1.807, 2.05) is 0 Å². The molecule has 2 N–H and O–H groups in total. The van der Waals surface area contributed by atoms with E-state index in [4.69, 9.17) is 4.18 Å². The number of non-ortho nitro benzene ring substituents is 1. The Morgan fingerprint density at radius 2 is 1.90 bits per heavy atom. The number of nitro benzene ring substituents is 1. The number of nitro groups is 1. The minimum absolute atomic E-state index is 0.0630. The average Bonchev–Trinajstić information content (AvgIpc) is 3.01. The number of unbranched alkanes of at least 4 members (excludes halogenated alkanes) is 1. The lowest BCUT2D eigenvalue weighted by molar-refractivity contribution is -0.384. The molecule has 0 fully saturated rings. The number of aryl methyl sites for hydroxylation is 1. The molecule has 154 valence electrons. The van der Waals surface area contributed by atoms with Gasteiger partial charge in [-0.05, 0) is 36.5 Å².